The second-order valence-electron chi connectivity index (χ2n) is 8.85. The molecule has 1 atom stereocenters. The summed E-state index contributed by atoms with van der Waals surface area (Å²) in [7, 11) is 3.36. The Balaban J connectivity index is 1.78. The molecule has 0 saturated carbocycles. The maximum absolute atomic E-state index is 15.5. The summed E-state index contributed by atoms with van der Waals surface area (Å²) in [4.78, 5) is 40.0. The van der Waals surface area contributed by atoms with Crippen LogP contribution in [0.4, 0.5) is 10.1 Å². The summed E-state index contributed by atoms with van der Waals surface area (Å²) in [5, 5.41) is 2.89. The van der Waals surface area contributed by atoms with Gasteiger partial charge in [-0.1, -0.05) is 12.0 Å². The predicted octanol–water partition coefficient (Wildman–Crippen LogP) is 2.31. The average Bonchev–Trinajstić information content (AvgIpc) is 3.16. The lowest BCUT2D eigenvalue weighted by molar-refractivity contribution is -0.116. The van der Waals surface area contributed by atoms with Gasteiger partial charge in [-0.25, -0.2) is 4.39 Å². The Morgan fingerprint density at radius 1 is 1.24 bits per heavy atom. The van der Waals surface area contributed by atoms with Gasteiger partial charge in [-0.3, -0.25) is 14.4 Å². The third-order valence-electron chi connectivity index (χ3n) is 6.33. The number of halogens is 1. The summed E-state index contributed by atoms with van der Waals surface area (Å²) in [5.41, 5.74) is 9.59. The number of benzene rings is 2. The van der Waals surface area contributed by atoms with E-state index in [1.54, 1.807) is 33.2 Å². The molecule has 34 heavy (non-hydrogen) atoms. The lowest BCUT2D eigenvalue weighted by atomic mass is 9.95. The van der Waals surface area contributed by atoms with Crippen LogP contribution in [-0.2, 0) is 11.2 Å². The normalized spacial score (nSPS) is 16.1. The van der Waals surface area contributed by atoms with E-state index in [0.29, 0.717) is 41.9 Å². The number of carbonyl (C=O) groups excluding carboxylic acids is 3. The summed E-state index contributed by atoms with van der Waals surface area (Å²) in [5.74, 6) is 3.35. The molecule has 1 fully saturated rings. The zero-order valence-electron chi connectivity index (χ0n) is 19.5. The van der Waals surface area contributed by atoms with Gasteiger partial charge in [0.15, 0.2) is 0 Å². The van der Waals surface area contributed by atoms with Crippen molar-refractivity contribution in [2.75, 3.05) is 32.1 Å². The van der Waals surface area contributed by atoms with Crippen molar-refractivity contribution < 1.29 is 18.8 Å². The van der Waals surface area contributed by atoms with Crippen LogP contribution in [0.1, 0.15) is 51.6 Å². The molecule has 1 aliphatic carbocycles. The van der Waals surface area contributed by atoms with E-state index >= 15 is 4.39 Å². The highest BCUT2D eigenvalue weighted by Crippen LogP contribution is 2.46. The standard InChI is InChI=1S/C26H27FN4O3/c1-4-6-22(32)29-17-7-5-10-31(14-17)24-21(27)13-20(25(28)33)19-12-16-11-15(26(34)30(2)3)8-9-18(16)23(19)24/h8-9,11,13,17H,5,7,10,12,14H2,1-3H3,(H2,28,33)(H,29,32)/t17-/m0/s1. The first-order valence-electron chi connectivity index (χ1n) is 11.2. The third kappa shape index (κ3) is 4.21. The molecule has 3 N–H and O–H groups in total. The molecular weight excluding hydrogens is 435 g/mol. The highest BCUT2D eigenvalue weighted by atomic mass is 19.1. The van der Waals surface area contributed by atoms with Crippen molar-refractivity contribution in [1.82, 2.24) is 10.2 Å². The second-order valence-corrected chi connectivity index (χ2v) is 8.85. The Labute approximate surface area is 198 Å². The van der Waals surface area contributed by atoms with E-state index in [0.717, 1.165) is 24.0 Å². The topological polar surface area (TPSA) is 95.7 Å². The van der Waals surface area contributed by atoms with Crippen molar-refractivity contribution in [3.8, 4) is 23.0 Å². The van der Waals surface area contributed by atoms with Crippen molar-refractivity contribution in [3.63, 3.8) is 0 Å². The molecule has 8 heteroatoms. The van der Waals surface area contributed by atoms with Crippen LogP contribution in [0.5, 0.6) is 0 Å². The number of hydrogen-bond acceptors (Lipinski definition) is 4. The minimum atomic E-state index is -0.693. The molecule has 0 spiro atoms. The van der Waals surface area contributed by atoms with Gasteiger partial charge in [0.1, 0.15) is 5.82 Å². The zero-order chi connectivity index (χ0) is 24.6. The Bertz CT molecular complexity index is 1260. The first-order chi connectivity index (χ1) is 16.2. The molecule has 0 aromatic heterocycles. The van der Waals surface area contributed by atoms with Crippen molar-refractivity contribution >= 4 is 23.4 Å². The second kappa shape index (κ2) is 9.18. The van der Waals surface area contributed by atoms with Crippen LogP contribution in [0.3, 0.4) is 0 Å². The summed E-state index contributed by atoms with van der Waals surface area (Å²) in [6, 6.07) is 6.36. The number of piperidine rings is 1. The molecule has 4 rings (SSSR count). The molecule has 2 aliphatic rings. The van der Waals surface area contributed by atoms with Crippen molar-refractivity contribution in [2.24, 2.45) is 5.73 Å². The molecule has 2 aromatic rings. The van der Waals surface area contributed by atoms with E-state index in [9.17, 15) is 14.4 Å². The van der Waals surface area contributed by atoms with Crippen molar-refractivity contribution in [1.29, 1.82) is 0 Å². The Hall–Kier alpha value is -3.86. The quantitative estimate of drug-likeness (QED) is 0.582. The molecule has 1 saturated heterocycles. The maximum atomic E-state index is 15.5. The smallest absolute Gasteiger partial charge is 0.296 e. The third-order valence-corrected chi connectivity index (χ3v) is 6.33. The number of rotatable bonds is 4. The van der Waals surface area contributed by atoms with Gasteiger partial charge in [-0.2, -0.15) is 0 Å². The van der Waals surface area contributed by atoms with Crippen molar-refractivity contribution in [3.05, 3.63) is 52.3 Å². The monoisotopic (exact) mass is 462 g/mol. The highest BCUT2D eigenvalue weighted by Gasteiger charge is 2.33. The molecule has 0 radical (unpaired) electrons. The first kappa shape index (κ1) is 23.3. The van der Waals surface area contributed by atoms with Crippen LogP contribution in [0.15, 0.2) is 24.3 Å². The minimum absolute atomic E-state index is 0.134. The summed E-state index contributed by atoms with van der Waals surface area (Å²) in [6.07, 6.45) is 1.91. The van der Waals surface area contributed by atoms with Crippen molar-refractivity contribution in [2.45, 2.75) is 32.2 Å². The number of amides is 3. The highest BCUT2D eigenvalue weighted by molar-refractivity contribution is 6.02. The molecule has 0 unspecified atom stereocenters. The van der Waals surface area contributed by atoms with Gasteiger partial charge in [0.2, 0.25) is 5.91 Å². The lowest BCUT2D eigenvalue weighted by Crippen LogP contribution is -2.48. The van der Waals surface area contributed by atoms with Gasteiger partial charge >= 0.3 is 0 Å². The molecule has 0 bridgehead atoms. The van der Waals surface area contributed by atoms with E-state index in [2.05, 4.69) is 17.2 Å². The minimum Gasteiger partial charge on any atom is -0.367 e. The van der Waals surface area contributed by atoms with Gasteiger partial charge in [-0.15, -0.1) is 0 Å². The number of primary amides is 1. The van der Waals surface area contributed by atoms with Gasteiger partial charge in [0.25, 0.3) is 11.8 Å². The van der Waals surface area contributed by atoms with Crippen LogP contribution in [0.25, 0.3) is 11.1 Å². The average molecular weight is 463 g/mol. The number of hydrogen-bond donors (Lipinski definition) is 2. The molecule has 1 heterocycles. The van der Waals surface area contributed by atoms with E-state index in [1.165, 1.54) is 11.0 Å². The fraction of sp³-hybridized carbons (Fsp3) is 0.346. The summed E-state index contributed by atoms with van der Waals surface area (Å²) < 4.78 is 15.5. The predicted molar refractivity (Wildman–Crippen MR) is 128 cm³/mol. The molecule has 2 aromatic carbocycles. The Kier molecular flexibility index (Phi) is 6.29. The van der Waals surface area contributed by atoms with Crippen LogP contribution >= 0.6 is 0 Å². The van der Waals surface area contributed by atoms with E-state index in [4.69, 9.17) is 5.73 Å². The molecule has 1 aliphatic heterocycles. The van der Waals surface area contributed by atoms with Gasteiger partial charge in [-0.05, 0) is 67.0 Å². The van der Waals surface area contributed by atoms with Crippen LogP contribution in [0.2, 0.25) is 0 Å². The Morgan fingerprint density at radius 3 is 2.68 bits per heavy atom. The van der Waals surface area contributed by atoms with E-state index in [1.807, 2.05) is 11.0 Å². The molecular formula is C26H27FN4O3. The van der Waals surface area contributed by atoms with Crippen LogP contribution in [0, 0.1) is 17.7 Å². The lowest BCUT2D eigenvalue weighted by Gasteiger charge is -2.36. The Morgan fingerprint density at radius 2 is 2.00 bits per heavy atom. The number of anilines is 1. The molecule has 7 nitrogen and oxygen atoms in total. The first-order valence-corrected chi connectivity index (χ1v) is 11.2. The fourth-order valence-electron chi connectivity index (χ4n) is 4.88. The number of fused-ring (bicyclic) bond motifs is 3. The zero-order valence-corrected chi connectivity index (χ0v) is 19.5. The van der Waals surface area contributed by atoms with Gasteiger partial charge in [0, 0.05) is 49.9 Å². The number of carbonyl (C=O) groups is 3. The van der Waals surface area contributed by atoms with E-state index < -0.39 is 11.7 Å². The SMILES string of the molecule is CC#CC(=O)N[C@H]1CCCN(c2c(F)cc(C(N)=O)c3c2-c2ccc(C(=O)N(C)C)cc2C3)C1. The summed E-state index contributed by atoms with van der Waals surface area (Å²) in [6.45, 7) is 2.63. The maximum Gasteiger partial charge on any atom is 0.296 e. The van der Waals surface area contributed by atoms with E-state index in [-0.39, 0.29) is 23.4 Å². The van der Waals surface area contributed by atoms with Crippen LogP contribution < -0.4 is 16.0 Å². The molecule has 3 amide bonds. The van der Waals surface area contributed by atoms with Gasteiger partial charge < -0.3 is 20.9 Å². The largest absolute Gasteiger partial charge is 0.367 e. The molecule has 176 valence electrons. The number of nitrogens with one attached hydrogen (secondary N) is 1. The number of nitrogens with two attached hydrogens (primary N) is 1. The number of nitrogens with zero attached hydrogens (tertiary/aromatic N) is 2. The van der Waals surface area contributed by atoms with Crippen LogP contribution in [-0.4, -0.2) is 55.8 Å². The van der Waals surface area contributed by atoms with Gasteiger partial charge in [0.05, 0.1) is 5.69 Å². The fourth-order valence-corrected chi connectivity index (χ4v) is 4.88. The summed E-state index contributed by atoms with van der Waals surface area (Å²) >= 11 is 0.